The van der Waals surface area contributed by atoms with Crippen molar-refractivity contribution in [2.24, 2.45) is 0 Å². The van der Waals surface area contributed by atoms with Crippen molar-refractivity contribution in [2.75, 3.05) is 6.61 Å². The molecular formula is C17H15Cl2N3O2. The Morgan fingerprint density at radius 3 is 2.88 bits per heavy atom. The fraction of sp³-hybridized carbons (Fsp3) is 0.176. The van der Waals surface area contributed by atoms with Crippen molar-refractivity contribution < 1.29 is 9.53 Å². The molecular weight excluding hydrogens is 349 g/mol. The molecule has 0 aliphatic carbocycles. The van der Waals surface area contributed by atoms with Gasteiger partial charge in [-0.1, -0.05) is 29.3 Å². The zero-order chi connectivity index (χ0) is 17.1. The molecule has 0 fully saturated rings. The lowest BCUT2D eigenvalue weighted by molar-refractivity contribution is -0.123. The van der Waals surface area contributed by atoms with Gasteiger partial charge in [0.1, 0.15) is 11.6 Å². The van der Waals surface area contributed by atoms with E-state index < -0.39 is 0 Å². The van der Waals surface area contributed by atoms with E-state index in [2.05, 4.69) is 15.3 Å². The minimum atomic E-state index is -0.266. The number of imidazole rings is 1. The molecule has 0 radical (unpaired) electrons. The number of hydrogen-bond donors (Lipinski definition) is 2. The summed E-state index contributed by atoms with van der Waals surface area (Å²) in [6.07, 6.45) is 0. The average Bonchev–Trinajstić information content (AvgIpc) is 2.94. The minimum absolute atomic E-state index is 0.138. The van der Waals surface area contributed by atoms with Gasteiger partial charge in [0, 0.05) is 5.02 Å². The summed E-state index contributed by atoms with van der Waals surface area (Å²) in [4.78, 5) is 19.5. The number of fused-ring (bicyclic) bond motifs is 1. The number of aryl methyl sites for hydroxylation is 1. The summed E-state index contributed by atoms with van der Waals surface area (Å²) in [5.74, 6) is 0.835. The number of nitrogens with zero attached hydrogens (tertiary/aromatic N) is 1. The Labute approximate surface area is 148 Å². The van der Waals surface area contributed by atoms with Crippen molar-refractivity contribution in [3.8, 4) is 5.75 Å². The molecule has 0 saturated heterocycles. The zero-order valence-corrected chi connectivity index (χ0v) is 14.4. The number of ether oxygens (including phenoxy) is 1. The number of carbonyl (C=O) groups excluding carboxylic acids is 1. The first kappa shape index (κ1) is 16.6. The van der Waals surface area contributed by atoms with Crippen LogP contribution in [0.4, 0.5) is 0 Å². The first-order chi connectivity index (χ1) is 11.5. The maximum atomic E-state index is 11.9. The van der Waals surface area contributed by atoms with Crippen molar-refractivity contribution in [3.63, 3.8) is 0 Å². The Hall–Kier alpha value is -2.24. The number of H-pyrrole nitrogens is 1. The maximum absolute atomic E-state index is 11.9. The third-order valence-electron chi connectivity index (χ3n) is 3.39. The molecule has 0 bridgehead atoms. The fourth-order valence-corrected chi connectivity index (χ4v) is 2.69. The smallest absolute Gasteiger partial charge is 0.258 e. The number of carbonyl (C=O) groups is 1. The molecule has 3 aromatic rings. The molecule has 0 atom stereocenters. The number of nitrogens with one attached hydrogen (secondary N) is 2. The van der Waals surface area contributed by atoms with Crippen LogP contribution in [0.2, 0.25) is 10.0 Å². The highest BCUT2D eigenvalue weighted by Gasteiger charge is 2.08. The lowest BCUT2D eigenvalue weighted by Crippen LogP contribution is -2.28. The number of hydrogen-bond acceptors (Lipinski definition) is 3. The molecule has 1 aromatic heterocycles. The molecule has 0 unspecified atom stereocenters. The number of halogens is 2. The van der Waals surface area contributed by atoms with Gasteiger partial charge in [0.2, 0.25) is 0 Å². The molecule has 7 heteroatoms. The zero-order valence-electron chi connectivity index (χ0n) is 12.9. The first-order valence-corrected chi connectivity index (χ1v) is 8.06. The predicted octanol–water partition coefficient (Wildman–Crippen LogP) is 3.87. The molecule has 0 aliphatic rings. The Morgan fingerprint density at radius 1 is 1.25 bits per heavy atom. The van der Waals surface area contributed by atoms with Crippen LogP contribution in [0, 0.1) is 6.92 Å². The molecule has 5 nitrogen and oxygen atoms in total. The Morgan fingerprint density at radius 2 is 2.08 bits per heavy atom. The molecule has 0 spiro atoms. The summed E-state index contributed by atoms with van der Waals surface area (Å²) in [6.45, 7) is 2.17. The van der Waals surface area contributed by atoms with E-state index in [-0.39, 0.29) is 12.5 Å². The second-order valence-corrected chi connectivity index (χ2v) is 6.19. The van der Waals surface area contributed by atoms with E-state index in [1.54, 1.807) is 18.2 Å². The lowest BCUT2D eigenvalue weighted by Gasteiger charge is -2.08. The van der Waals surface area contributed by atoms with E-state index in [1.165, 1.54) is 0 Å². The van der Waals surface area contributed by atoms with Gasteiger partial charge in [0.05, 0.1) is 22.6 Å². The van der Waals surface area contributed by atoms with Crippen LogP contribution >= 0.6 is 23.2 Å². The van der Waals surface area contributed by atoms with E-state index in [1.807, 2.05) is 25.1 Å². The summed E-state index contributed by atoms with van der Waals surface area (Å²) in [5.41, 5.74) is 2.97. The number of aromatic amines is 1. The van der Waals surface area contributed by atoms with E-state index in [0.717, 1.165) is 16.6 Å². The van der Waals surface area contributed by atoms with E-state index >= 15 is 0 Å². The Balaban J connectivity index is 1.54. The normalized spacial score (nSPS) is 10.8. The van der Waals surface area contributed by atoms with Gasteiger partial charge < -0.3 is 15.0 Å². The second-order valence-electron chi connectivity index (χ2n) is 5.34. The van der Waals surface area contributed by atoms with Crippen LogP contribution in [0.15, 0.2) is 36.4 Å². The van der Waals surface area contributed by atoms with E-state index in [0.29, 0.717) is 28.2 Å². The van der Waals surface area contributed by atoms with Crippen LogP contribution in [0.3, 0.4) is 0 Å². The molecule has 0 aliphatic heterocycles. The molecule has 0 saturated carbocycles. The average molecular weight is 364 g/mol. The van der Waals surface area contributed by atoms with Gasteiger partial charge in [-0.3, -0.25) is 4.79 Å². The third kappa shape index (κ3) is 3.99. The Kier molecular flexibility index (Phi) is 4.92. The van der Waals surface area contributed by atoms with Crippen LogP contribution in [-0.2, 0) is 11.3 Å². The quantitative estimate of drug-likeness (QED) is 0.722. The number of rotatable bonds is 5. The highest BCUT2D eigenvalue weighted by Crippen LogP contribution is 2.27. The Bertz CT molecular complexity index is 893. The van der Waals surface area contributed by atoms with Gasteiger partial charge in [-0.15, -0.1) is 0 Å². The van der Waals surface area contributed by atoms with Crippen LogP contribution in [-0.4, -0.2) is 22.5 Å². The maximum Gasteiger partial charge on any atom is 0.258 e. The monoisotopic (exact) mass is 363 g/mol. The molecule has 24 heavy (non-hydrogen) atoms. The van der Waals surface area contributed by atoms with Crippen molar-refractivity contribution in [1.82, 2.24) is 15.3 Å². The van der Waals surface area contributed by atoms with E-state index in [4.69, 9.17) is 27.9 Å². The summed E-state index contributed by atoms with van der Waals surface area (Å²) in [5, 5.41) is 3.62. The van der Waals surface area contributed by atoms with Crippen LogP contribution in [0.25, 0.3) is 11.0 Å². The molecule has 1 heterocycles. The van der Waals surface area contributed by atoms with Crippen molar-refractivity contribution in [2.45, 2.75) is 13.5 Å². The van der Waals surface area contributed by atoms with Crippen LogP contribution in [0.1, 0.15) is 11.4 Å². The number of aromatic nitrogens is 2. The van der Waals surface area contributed by atoms with Crippen LogP contribution in [0.5, 0.6) is 5.75 Å². The summed E-state index contributed by atoms with van der Waals surface area (Å²) in [7, 11) is 0. The SMILES string of the molecule is Cc1ccc2nc(CNC(=O)COc3ccc(Cl)cc3Cl)[nH]c2c1. The summed E-state index contributed by atoms with van der Waals surface area (Å²) >= 11 is 11.8. The van der Waals surface area contributed by atoms with Gasteiger partial charge in [-0.25, -0.2) is 4.98 Å². The van der Waals surface area contributed by atoms with Gasteiger partial charge >= 0.3 is 0 Å². The molecule has 1 amide bonds. The predicted molar refractivity (Wildman–Crippen MR) is 94.6 cm³/mol. The van der Waals surface area contributed by atoms with Crippen molar-refractivity contribution in [3.05, 3.63) is 57.8 Å². The van der Waals surface area contributed by atoms with Crippen molar-refractivity contribution in [1.29, 1.82) is 0 Å². The summed E-state index contributed by atoms with van der Waals surface area (Å²) in [6, 6.07) is 10.8. The molecule has 2 N–H and O–H groups in total. The molecule has 124 valence electrons. The minimum Gasteiger partial charge on any atom is -0.482 e. The number of amides is 1. The van der Waals surface area contributed by atoms with Crippen LogP contribution < -0.4 is 10.1 Å². The third-order valence-corrected chi connectivity index (χ3v) is 3.92. The van der Waals surface area contributed by atoms with E-state index in [9.17, 15) is 4.79 Å². The highest BCUT2D eigenvalue weighted by molar-refractivity contribution is 6.35. The molecule has 3 rings (SSSR count). The number of benzene rings is 2. The highest BCUT2D eigenvalue weighted by atomic mass is 35.5. The largest absolute Gasteiger partial charge is 0.482 e. The lowest BCUT2D eigenvalue weighted by atomic mass is 10.2. The van der Waals surface area contributed by atoms with Gasteiger partial charge in [-0.05, 0) is 42.8 Å². The molecule has 2 aromatic carbocycles. The first-order valence-electron chi connectivity index (χ1n) is 7.31. The van der Waals surface area contributed by atoms with Gasteiger partial charge in [0.15, 0.2) is 6.61 Å². The topological polar surface area (TPSA) is 67.0 Å². The second kappa shape index (κ2) is 7.11. The van der Waals surface area contributed by atoms with Gasteiger partial charge in [0.25, 0.3) is 5.91 Å². The van der Waals surface area contributed by atoms with Crippen molar-refractivity contribution >= 4 is 40.1 Å². The van der Waals surface area contributed by atoms with Gasteiger partial charge in [-0.2, -0.15) is 0 Å². The summed E-state index contributed by atoms with van der Waals surface area (Å²) < 4.78 is 5.38. The fourth-order valence-electron chi connectivity index (χ4n) is 2.23. The standard InChI is InChI=1S/C17H15Cl2N3O2/c1-10-2-4-13-14(6-10)22-16(21-13)8-20-17(23)9-24-15-5-3-11(18)7-12(15)19/h2-7H,8-9H2,1H3,(H,20,23)(H,21,22).